The fraction of sp³-hybridized carbons (Fsp3) is 0.333. The number of rotatable bonds is 1. The average Bonchev–Trinajstić information content (AvgIpc) is 3.06. The summed E-state index contributed by atoms with van der Waals surface area (Å²) in [5, 5.41) is 1.35. The highest BCUT2D eigenvalue weighted by Gasteiger charge is 2.15. The molecule has 2 nitrogen and oxygen atoms in total. The normalized spacial score (nSPS) is 15.2. The number of aryl methyl sites for hydroxylation is 1. The van der Waals surface area contributed by atoms with Crippen LogP contribution in [0.3, 0.4) is 0 Å². The molecule has 21 heavy (non-hydrogen) atoms. The molecule has 2 aliphatic heterocycles. The van der Waals surface area contributed by atoms with Gasteiger partial charge < -0.3 is 0 Å². The van der Waals surface area contributed by atoms with Gasteiger partial charge in [0.2, 0.25) is 5.36 Å². The van der Waals surface area contributed by atoms with Gasteiger partial charge in [-0.25, -0.2) is 9.56 Å². The van der Waals surface area contributed by atoms with Crippen LogP contribution in [0.4, 0.5) is 0 Å². The highest BCUT2D eigenvalue weighted by atomic mass is 32.1. The minimum atomic E-state index is 1.04. The zero-order valence-corrected chi connectivity index (χ0v) is 13.1. The predicted octanol–water partition coefficient (Wildman–Crippen LogP) is 3.53. The first-order chi connectivity index (χ1) is 10.3. The summed E-state index contributed by atoms with van der Waals surface area (Å²) in [6.07, 6.45) is 3.67. The number of hydrogen-bond donors (Lipinski definition) is 0. The molecular weight excluding hydrogens is 276 g/mol. The second kappa shape index (κ2) is 5.23. The van der Waals surface area contributed by atoms with E-state index < -0.39 is 0 Å². The van der Waals surface area contributed by atoms with Gasteiger partial charge in [0.25, 0.3) is 0 Å². The van der Waals surface area contributed by atoms with E-state index in [0.717, 1.165) is 12.1 Å². The Labute approximate surface area is 128 Å². The Morgan fingerprint density at radius 1 is 1.14 bits per heavy atom. The predicted molar refractivity (Wildman–Crippen MR) is 89.9 cm³/mol. The van der Waals surface area contributed by atoms with Crippen molar-refractivity contribution in [3.05, 3.63) is 47.3 Å². The van der Waals surface area contributed by atoms with Crippen molar-refractivity contribution in [2.24, 2.45) is 0 Å². The van der Waals surface area contributed by atoms with Gasteiger partial charge in [-0.05, 0) is 24.1 Å². The largest absolute Gasteiger partial charge is 0.246 e. The van der Waals surface area contributed by atoms with Crippen LogP contribution in [0, 0.1) is 0 Å². The molecule has 3 heteroatoms. The molecule has 0 atom stereocenters. The number of fused-ring (bicyclic) bond motifs is 2. The van der Waals surface area contributed by atoms with E-state index in [1.54, 1.807) is 0 Å². The molecule has 3 aliphatic rings. The first kappa shape index (κ1) is 13.0. The van der Waals surface area contributed by atoms with Gasteiger partial charge in [0.05, 0.1) is 20.8 Å². The number of aromatic nitrogens is 1. The lowest BCUT2D eigenvalue weighted by atomic mass is 10.1. The summed E-state index contributed by atoms with van der Waals surface area (Å²) >= 11 is 1.86. The Morgan fingerprint density at radius 3 is 2.81 bits per heavy atom. The molecule has 4 rings (SSSR count). The van der Waals surface area contributed by atoms with E-state index in [4.69, 9.17) is 4.98 Å². The molecule has 0 bridgehead atoms. The Kier molecular flexibility index (Phi) is 3.23. The van der Waals surface area contributed by atoms with Crippen molar-refractivity contribution in [1.29, 1.82) is 0 Å². The number of benzene rings is 2. The SMILES string of the molecule is CCc1cccc2sc3cc(=[N+]4CCCC4)ccc-3nc12. The van der Waals surface area contributed by atoms with Gasteiger partial charge in [-0.3, -0.25) is 0 Å². The van der Waals surface area contributed by atoms with Crippen LogP contribution < -0.4 is 9.93 Å². The molecule has 0 unspecified atom stereocenters. The Balaban J connectivity index is 1.99. The van der Waals surface area contributed by atoms with Crippen LogP contribution in [0.1, 0.15) is 25.3 Å². The third kappa shape index (κ3) is 2.26. The second-order valence-corrected chi connectivity index (χ2v) is 6.76. The van der Waals surface area contributed by atoms with E-state index in [2.05, 4.69) is 47.9 Å². The zero-order valence-electron chi connectivity index (χ0n) is 12.3. The molecule has 1 fully saturated rings. The standard InChI is InChI=1S/C18H19N2S/c1-2-13-6-5-7-16-18(13)19-15-9-8-14(12-17(15)21-16)20-10-3-4-11-20/h5-9,12H,2-4,10-11H2,1H3/q+1. The van der Waals surface area contributed by atoms with Crippen LogP contribution in [-0.2, 0) is 6.42 Å². The van der Waals surface area contributed by atoms with E-state index in [0.29, 0.717) is 0 Å². The quantitative estimate of drug-likeness (QED) is 0.495. The van der Waals surface area contributed by atoms with Crippen molar-refractivity contribution >= 4 is 21.6 Å². The smallest absolute Gasteiger partial charge is 0.201 e. The molecule has 0 radical (unpaired) electrons. The Bertz CT molecular complexity index is 839. The number of para-hydroxylation sites is 1. The molecule has 1 aliphatic carbocycles. The maximum Gasteiger partial charge on any atom is 0.201 e. The van der Waals surface area contributed by atoms with Crippen molar-refractivity contribution in [1.82, 2.24) is 9.56 Å². The monoisotopic (exact) mass is 295 g/mol. The highest BCUT2D eigenvalue weighted by molar-refractivity contribution is 7.21. The number of hydrogen-bond acceptors (Lipinski definition) is 2. The van der Waals surface area contributed by atoms with Gasteiger partial charge in [0, 0.05) is 25.0 Å². The maximum atomic E-state index is 4.91. The molecule has 1 aromatic carbocycles. The lowest BCUT2D eigenvalue weighted by molar-refractivity contribution is 0.694. The lowest BCUT2D eigenvalue weighted by Crippen LogP contribution is -2.26. The Morgan fingerprint density at radius 2 is 2.00 bits per heavy atom. The molecular formula is C18H19N2S+. The molecule has 106 valence electrons. The molecule has 0 saturated carbocycles. The topological polar surface area (TPSA) is 15.9 Å². The summed E-state index contributed by atoms with van der Waals surface area (Å²) in [5.41, 5.74) is 3.64. The first-order valence-corrected chi connectivity index (χ1v) is 8.57. The van der Waals surface area contributed by atoms with Gasteiger partial charge in [-0.2, -0.15) is 0 Å². The zero-order chi connectivity index (χ0) is 14.2. The van der Waals surface area contributed by atoms with Gasteiger partial charge in [0.1, 0.15) is 13.1 Å². The van der Waals surface area contributed by atoms with E-state index in [1.807, 2.05) is 11.3 Å². The summed E-state index contributed by atoms with van der Waals surface area (Å²) in [6.45, 7) is 4.58. The van der Waals surface area contributed by atoms with E-state index in [1.165, 1.54) is 51.9 Å². The van der Waals surface area contributed by atoms with Gasteiger partial charge in [0.15, 0.2) is 0 Å². The Hall–Kier alpha value is -1.74. The minimum Gasteiger partial charge on any atom is -0.246 e. The van der Waals surface area contributed by atoms with Crippen LogP contribution in [0.5, 0.6) is 0 Å². The third-order valence-corrected chi connectivity index (χ3v) is 5.43. The molecule has 1 saturated heterocycles. The third-order valence-electron chi connectivity index (χ3n) is 4.33. The van der Waals surface area contributed by atoms with E-state index in [-0.39, 0.29) is 0 Å². The van der Waals surface area contributed by atoms with Crippen LogP contribution in [0.25, 0.3) is 20.8 Å². The van der Waals surface area contributed by atoms with Crippen molar-refractivity contribution in [3.8, 4) is 10.6 Å². The van der Waals surface area contributed by atoms with Crippen molar-refractivity contribution in [3.63, 3.8) is 0 Å². The van der Waals surface area contributed by atoms with Gasteiger partial charge >= 0.3 is 0 Å². The molecule has 0 N–H and O–H groups in total. The minimum absolute atomic E-state index is 1.04. The van der Waals surface area contributed by atoms with Crippen LogP contribution in [0.15, 0.2) is 36.4 Å². The fourth-order valence-corrected chi connectivity index (χ4v) is 4.21. The van der Waals surface area contributed by atoms with Crippen molar-refractivity contribution in [2.75, 3.05) is 13.1 Å². The van der Waals surface area contributed by atoms with Crippen LogP contribution >= 0.6 is 11.3 Å². The molecule has 2 heterocycles. The maximum absolute atomic E-state index is 4.91. The van der Waals surface area contributed by atoms with Crippen LogP contribution in [0.2, 0.25) is 0 Å². The highest BCUT2D eigenvalue weighted by Crippen LogP contribution is 2.30. The fourth-order valence-electron chi connectivity index (χ4n) is 3.15. The molecule has 1 aromatic rings. The lowest BCUT2D eigenvalue weighted by Gasteiger charge is -2.08. The van der Waals surface area contributed by atoms with Crippen molar-refractivity contribution < 1.29 is 0 Å². The molecule has 0 spiro atoms. The first-order valence-electron chi connectivity index (χ1n) is 7.75. The number of nitrogens with zero attached hydrogens (tertiary/aromatic N) is 2. The summed E-state index contributed by atoms with van der Waals surface area (Å²) in [7, 11) is 0. The second-order valence-electron chi connectivity index (χ2n) is 5.68. The van der Waals surface area contributed by atoms with E-state index in [9.17, 15) is 0 Å². The average molecular weight is 295 g/mol. The van der Waals surface area contributed by atoms with Crippen molar-refractivity contribution in [2.45, 2.75) is 26.2 Å². The van der Waals surface area contributed by atoms with E-state index >= 15 is 0 Å². The van der Waals surface area contributed by atoms with Gasteiger partial charge in [-0.1, -0.05) is 19.1 Å². The van der Waals surface area contributed by atoms with Crippen LogP contribution in [-0.4, -0.2) is 18.1 Å². The molecule has 0 aromatic heterocycles. The molecule has 0 amide bonds. The summed E-state index contributed by atoms with van der Waals surface area (Å²) in [4.78, 5) is 6.20. The van der Waals surface area contributed by atoms with Gasteiger partial charge in [-0.15, -0.1) is 11.3 Å². The summed E-state index contributed by atoms with van der Waals surface area (Å²) < 4.78 is 3.78. The summed E-state index contributed by atoms with van der Waals surface area (Å²) in [6, 6.07) is 13.3. The summed E-state index contributed by atoms with van der Waals surface area (Å²) in [5.74, 6) is 0.